The van der Waals surface area contributed by atoms with E-state index in [-0.39, 0.29) is 11.8 Å². The molecule has 5 heteroatoms. The molecule has 1 atom stereocenters. The fourth-order valence-electron chi connectivity index (χ4n) is 1.32. The summed E-state index contributed by atoms with van der Waals surface area (Å²) < 4.78 is 1.75. The largest absolute Gasteiger partial charge is 0.369 e. The van der Waals surface area contributed by atoms with Crippen molar-refractivity contribution in [1.29, 1.82) is 0 Å². The summed E-state index contributed by atoms with van der Waals surface area (Å²) in [5, 5.41) is 7.11. The van der Waals surface area contributed by atoms with E-state index in [9.17, 15) is 4.79 Å². The lowest BCUT2D eigenvalue weighted by Crippen LogP contribution is -2.37. The smallest absolute Gasteiger partial charge is 0.224 e. The molecule has 64 valence electrons. The van der Waals surface area contributed by atoms with Crippen LogP contribution in [0.4, 0.5) is 5.82 Å². The highest BCUT2D eigenvalue weighted by molar-refractivity contribution is 5.77. The fourth-order valence-corrected chi connectivity index (χ4v) is 1.32. The van der Waals surface area contributed by atoms with Crippen molar-refractivity contribution in [3.63, 3.8) is 0 Å². The summed E-state index contributed by atoms with van der Waals surface area (Å²) in [5.74, 6) is 0.536. The third kappa shape index (κ3) is 1.03. The van der Waals surface area contributed by atoms with Gasteiger partial charge >= 0.3 is 0 Å². The first-order chi connectivity index (χ1) is 5.77. The number of carbonyl (C=O) groups is 1. The number of amides is 1. The van der Waals surface area contributed by atoms with Crippen LogP contribution in [0.5, 0.6) is 0 Å². The minimum absolute atomic E-state index is 0.141. The zero-order valence-corrected chi connectivity index (χ0v) is 6.53. The number of carbonyl (C=O) groups excluding carboxylic acids is 1. The molecular formula is C7H10N4O. The van der Waals surface area contributed by atoms with Gasteiger partial charge in [-0.1, -0.05) is 0 Å². The number of rotatable bonds is 1. The lowest BCUT2D eigenvalue weighted by Gasteiger charge is -2.22. The Kier molecular flexibility index (Phi) is 1.49. The summed E-state index contributed by atoms with van der Waals surface area (Å²) in [5.41, 5.74) is 5.17. The molecular weight excluding hydrogens is 156 g/mol. The molecule has 1 aliphatic rings. The first kappa shape index (κ1) is 7.15. The van der Waals surface area contributed by atoms with Gasteiger partial charge in [-0.25, -0.2) is 4.68 Å². The second-order valence-corrected chi connectivity index (χ2v) is 2.88. The molecule has 1 amide bonds. The van der Waals surface area contributed by atoms with Crippen molar-refractivity contribution in [3.8, 4) is 0 Å². The van der Waals surface area contributed by atoms with Gasteiger partial charge in [-0.15, -0.1) is 0 Å². The summed E-state index contributed by atoms with van der Waals surface area (Å²) >= 11 is 0. The van der Waals surface area contributed by atoms with E-state index in [2.05, 4.69) is 10.4 Å². The Labute approximate surface area is 69.5 Å². The van der Waals surface area contributed by atoms with E-state index in [0.717, 1.165) is 5.82 Å². The van der Waals surface area contributed by atoms with Crippen LogP contribution >= 0.6 is 0 Å². The Balaban J connectivity index is 2.20. The predicted molar refractivity (Wildman–Crippen MR) is 43.4 cm³/mol. The molecule has 2 rings (SSSR count). The molecule has 0 radical (unpaired) electrons. The third-order valence-electron chi connectivity index (χ3n) is 2.04. The molecule has 0 bridgehead atoms. The molecule has 1 unspecified atom stereocenters. The van der Waals surface area contributed by atoms with Crippen molar-refractivity contribution in [3.05, 3.63) is 12.3 Å². The Morgan fingerprint density at radius 2 is 2.67 bits per heavy atom. The van der Waals surface area contributed by atoms with Gasteiger partial charge in [0.05, 0.1) is 18.7 Å². The summed E-state index contributed by atoms with van der Waals surface area (Å²) in [7, 11) is 0. The van der Waals surface area contributed by atoms with E-state index in [0.29, 0.717) is 13.1 Å². The lowest BCUT2D eigenvalue weighted by molar-refractivity contribution is -0.122. The third-order valence-corrected chi connectivity index (χ3v) is 2.04. The normalized spacial score (nSPS) is 21.2. The van der Waals surface area contributed by atoms with E-state index in [1.54, 1.807) is 10.9 Å². The van der Waals surface area contributed by atoms with E-state index in [4.69, 9.17) is 5.73 Å². The molecule has 1 aliphatic heterocycles. The number of fused-ring (bicyclic) bond motifs is 1. The minimum Gasteiger partial charge on any atom is -0.369 e. The highest BCUT2D eigenvalue weighted by Crippen LogP contribution is 2.15. The van der Waals surface area contributed by atoms with Crippen LogP contribution < -0.4 is 11.1 Å². The number of anilines is 1. The Morgan fingerprint density at radius 1 is 1.83 bits per heavy atom. The van der Waals surface area contributed by atoms with Crippen LogP contribution in [-0.2, 0) is 11.3 Å². The number of primary amides is 1. The van der Waals surface area contributed by atoms with Crippen molar-refractivity contribution < 1.29 is 4.79 Å². The van der Waals surface area contributed by atoms with Crippen LogP contribution in [0.3, 0.4) is 0 Å². The summed E-state index contributed by atoms with van der Waals surface area (Å²) in [6.45, 7) is 1.20. The molecule has 0 aliphatic carbocycles. The molecule has 0 fully saturated rings. The maximum Gasteiger partial charge on any atom is 0.224 e. The van der Waals surface area contributed by atoms with E-state index in [1.165, 1.54) is 0 Å². The number of hydrogen-bond donors (Lipinski definition) is 2. The van der Waals surface area contributed by atoms with Crippen LogP contribution in [0.25, 0.3) is 0 Å². The minimum atomic E-state index is -0.274. The van der Waals surface area contributed by atoms with Crippen molar-refractivity contribution in [2.24, 2.45) is 11.7 Å². The quantitative estimate of drug-likeness (QED) is 0.585. The molecule has 2 heterocycles. The first-order valence-corrected chi connectivity index (χ1v) is 3.82. The maximum absolute atomic E-state index is 10.8. The molecule has 0 spiro atoms. The SMILES string of the molecule is NC(=O)C1CNc2ccnn2C1. The van der Waals surface area contributed by atoms with Gasteiger partial charge in [0.2, 0.25) is 5.91 Å². The van der Waals surface area contributed by atoms with Crippen LogP contribution in [-0.4, -0.2) is 22.2 Å². The van der Waals surface area contributed by atoms with Gasteiger partial charge in [-0.2, -0.15) is 5.10 Å². The molecule has 0 saturated carbocycles. The second kappa shape index (κ2) is 2.51. The van der Waals surface area contributed by atoms with Gasteiger partial charge in [0.25, 0.3) is 0 Å². The molecule has 5 nitrogen and oxygen atoms in total. The van der Waals surface area contributed by atoms with Crippen LogP contribution in [0.15, 0.2) is 12.3 Å². The Morgan fingerprint density at radius 3 is 3.42 bits per heavy atom. The summed E-state index contributed by atoms with van der Waals surface area (Å²) in [4.78, 5) is 10.8. The number of hydrogen-bond acceptors (Lipinski definition) is 3. The zero-order valence-electron chi connectivity index (χ0n) is 6.53. The van der Waals surface area contributed by atoms with Gasteiger partial charge in [-0.05, 0) is 0 Å². The number of aromatic nitrogens is 2. The highest BCUT2D eigenvalue weighted by atomic mass is 16.1. The number of nitrogens with one attached hydrogen (secondary N) is 1. The second-order valence-electron chi connectivity index (χ2n) is 2.88. The fraction of sp³-hybridized carbons (Fsp3) is 0.429. The summed E-state index contributed by atoms with van der Waals surface area (Å²) in [6, 6.07) is 1.87. The van der Waals surface area contributed by atoms with Gasteiger partial charge in [-0.3, -0.25) is 4.79 Å². The van der Waals surface area contributed by atoms with Gasteiger partial charge in [0.1, 0.15) is 5.82 Å². The molecule has 1 aromatic rings. The molecule has 3 N–H and O–H groups in total. The Bertz CT molecular complexity index is 306. The van der Waals surface area contributed by atoms with Crippen LogP contribution in [0, 0.1) is 5.92 Å². The van der Waals surface area contributed by atoms with Crippen LogP contribution in [0.1, 0.15) is 0 Å². The topological polar surface area (TPSA) is 72.9 Å². The highest BCUT2D eigenvalue weighted by Gasteiger charge is 2.21. The van der Waals surface area contributed by atoms with Crippen LogP contribution in [0.2, 0.25) is 0 Å². The van der Waals surface area contributed by atoms with Crippen molar-refractivity contribution in [2.75, 3.05) is 11.9 Å². The zero-order chi connectivity index (χ0) is 8.55. The molecule has 0 aromatic carbocycles. The maximum atomic E-state index is 10.8. The standard InChI is InChI=1S/C7H10N4O/c8-7(12)5-3-9-6-1-2-10-11(6)4-5/h1-2,5,9H,3-4H2,(H2,8,12). The average molecular weight is 166 g/mol. The van der Waals surface area contributed by atoms with Gasteiger partial charge in [0.15, 0.2) is 0 Å². The van der Waals surface area contributed by atoms with E-state index >= 15 is 0 Å². The monoisotopic (exact) mass is 166 g/mol. The summed E-state index contributed by atoms with van der Waals surface area (Å²) in [6.07, 6.45) is 1.70. The first-order valence-electron chi connectivity index (χ1n) is 3.82. The number of nitrogens with zero attached hydrogens (tertiary/aromatic N) is 2. The molecule has 1 aromatic heterocycles. The number of nitrogens with two attached hydrogens (primary N) is 1. The van der Waals surface area contributed by atoms with E-state index < -0.39 is 0 Å². The van der Waals surface area contributed by atoms with Gasteiger partial charge in [0, 0.05) is 12.6 Å². The van der Waals surface area contributed by atoms with Crippen molar-refractivity contribution >= 4 is 11.7 Å². The van der Waals surface area contributed by atoms with Crippen molar-refractivity contribution in [1.82, 2.24) is 9.78 Å². The van der Waals surface area contributed by atoms with E-state index in [1.807, 2.05) is 6.07 Å². The lowest BCUT2D eigenvalue weighted by atomic mass is 10.1. The molecule has 12 heavy (non-hydrogen) atoms. The average Bonchev–Trinajstić information content (AvgIpc) is 2.49. The molecule has 0 saturated heterocycles. The Hall–Kier alpha value is -1.52. The van der Waals surface area contributed by atoms with Gasteiger partial charge < -0.3 is 11.1 Å². The van der Waals surface area contributed by atoms with Crippen molar-refractivity contribution in [2.45, 2.75) is 6.54 Å². The predicted octanol–water partition coefficient (Wildman–Crippen LogP) is -0.590.